The fourth-order valence-corrected chi connectivity index (χ4v) is 6.74. The molecule has 0 aliphatic rings. The van der Waals surface area contributed by atoms with E-state index in [4.69, 9.17) is 4.42 Å². The minimum atomic E-state index is 0.884. The zero-order chi connectivity index (χ0) is 30.5. The molecule has 9 aromatic rings. The van der Waals surface area contributed by atoms with Gasteiger partial charge in [0.1, 0.15) is 11.2 Å². The molecule has 216 valence electrons. The van der Waals surface area contributed by atoms with E-state index in [1.165, 1.54) is 43.8 Å². The third-order valence-electron chi connectivity index (χ3n) is 9.00. The van der Waals surface area contributed by atoms with Gasteiger partial charge in [0.2, 0.25) is 0 Å². The molecule has 0 fully saturated rings. The molecule has 0 unspecified atom stereocenters. The molecule has 0 aliphatic carbocycles. The van der Waals surface area contributed by atoms with Crippen LogP contribution >= 0.6 is 0 Å². The lowest BCUT2D eigenvalue weighted by Gasteiger charge is -2.26. The first-order valence-electron chi connectivity index (χ1n) is 15.7. The van der Waals surface area contributed by atoms with E-state index >= 15 is 0 Å². The number of rotatable bonds is 5. The zero-order valence-corrected chi connectivity index (χ0v) is 25.1. The molecule has 0 amide bonds. The summed E-state index contributed by atoms with van der Waals surface area (Å²) in [6, 6.07) is 62.8. The van der Waals surface area contributed by atoms with Crippen LogP contribution in [0.1, 0.15) is 0 Å². The molecule has 1 aromatic heterocycles. The van der Waals surface area contributed by atoms with E-state index in [9.17, 15) is 0 Å². The first-order valence-corrected chi connectivity index (χ1v) is 15.7. The smallest absolute Gasteiger partial charge is 0.137 e. The minimum absolute atomic E-state index is 0.884. The van der Waals surface area contributed by atoms with Crippen LogP contribution in [0, 0.1) is 0 Å². The van der Waals surface area contributed by atoms with E-state index in [0.717, 1.165) is 39.0 Å². The maximum atomic E-state index is 6.29. The van der Waals surface area contributed by atoms with Gasteiger partial charge in [0.05, 0.1) is 11.1 Å². The molecule has 0 atom stereocenters. The Balaban J connectivity index is 1.18. The second kappa shape index (κ2) is 10.8. The minimum Gasteiger partial charge on any atom is -0.456 e. The van der Waals surface area contributed by atoms with Gasteiger partial charge in [-0.1, -0.05) is 115 Å². The molecule has 46 heavy (non-hydrogen) atoms. The SMILES string of the molecule is c1ccc(-c2ccc3ccc(-c4ccc5ccc(N(c6ccccc6)c6cccc7oc8ccccc8c67)cc5c4)cc3c2)cc1. The van der Waals surface area contributed by atoms with E-state index in [1.807, 2.05) is 12.1 Å². The number of anilines is 3. The summed E-state index contributed by atoms with van der Waals surface area (Å²) in [6.45, 7) is 0. The zero-order valence-electron chi connectivity index (χ0n) is 25.1. The first-order chi connectivity index (χ1) is 22.8. The van der Waals surface area contributed by atoms with Gasteiger partial charge in [-0.3, -0.25) is 0 Å². The summed E-state index contributed by atoms with van der Waals surface area (Å²) in [7, 11) is 0. The van der Waals surface area contributed by atoms with Crippen molar-refractivity contribution in [3.05, 3.63) is 176 Å². The summed E-state index contributed by atoms with van der Waals surface area (Å²) in [6.07, 6.45) is 0. The van der Waals surface area contributed by atoms with Crippen molar-refractivity contribution in [2.45, 2.75) is 0 Å². The molecule has 0 saturated carbocycles. The Morgan fingerprint density at radius 3 is 1.63 bits per heavy atom. The van der Waals surface area contributed by atoms with E-state index in [0.29, 0.717) is 0 Å². The average Bonchev–Trinajstić information content (AvgIpc) is 3.51. The predicted molar refractivity (Wildman–Crippen MR) is 194 cm³/mol. The molecular weight excluding hydrogens is 558 g/mol. The van der Waals surface area contributed by atoms with Crippen molar-refractivity contribution in [3.8, 4) is 22.3 Å². The van der Waals surface area contributed by atoms with Gasteiger partial charge in [-0.05, 0) is 104 Å². The quantitative estimate of drug-likeness (QED) is 0.199. The molecule has 0 aliphatic heterocycles. The fourth-order valence-electron chi connectivity index (χ4n) is 6.74. The van der Waals surface area contributed by atoms with Crippen molar-refractivity contribution in [2.75, 3.05) is 4.90 Å². The molecule has 0 radical (unpaired) electrons. The molecule has 0 spiro atoms. The third kappa shape index (κ3) is 4.51. The van der Waals surface area contributed by atoms with Gasteiger partial charge < -0.3 is 9.32 Å². The van der Waals surface area contributed by atoms with E-state index in [1.54, 1.807) is 0 Å². The van der Waals surface area contributed by atoms with Gasteiger partial charge in [-0.2, -0.15) is 0 Å². The number of furan rings is 1. The van der Waals surface area contributed by atoms with Gasteiger partial charge in [0.25, 0.3) is 0 Å². The summed E-state index contributed by atoms with van der Waals surface area (Å²) in [5.41, 5.74) is 9.93. The summed E-state index contributed by atoms with van der Waals surface area (Å²) in [5.74, 6) is 0. The van der Waals surface area contributed by atoms with Gasteiger partial charge in [0.15, 0.2) is 0 Å². The van der Waals surface area contributed by atoms with Crippen molar-refractivity contribution in [3.63, 3.8) is 0 Å². The number of para-hydroxylation sites is 2. The van der Waals surface area contributed by atoms with Crippen LogP contribution in [0.15, 0.2) is 180 Å². The summed E-state index contributed by atoms with van der Waals surface area (Å²) >= 11 is 0. The van der Waals surface area contributed by atoms with Gasteiger partial charge in [0, 0.05) is 16.8 Å². The molecule has 1 heterocycles. The van der Waals surface area contributed by atoms with Crippen molar-refractivity contribution >= 4 is 60.5 Å². The standard InChI is InChI=1S/C44H29NO/c1-3-10-30(11-4-1)33-21-18-31-19-22-34(27-36(31)26-33)35-23-20-32-24-25-39(29-37(32)28-35)45(38-12-5-2-6-13-38)41-15-9-17-43-44(41)40-14-7-8-16-42(40)46-43/h1-29H. The van der Waals surface area contributed by atoms with Crippen molar-refractivity contribution in [2.24, 2.45) is 0 Å². The van der Waals surface area contributed by atoms with Crippen molar-refractivity contribution in [1.29, 1.82) is 0 Å². The Morgan fingerprint density at radius 1 is 0.348 bits per heavy atom. The largest absolute Gasteiger partial charge is 0.456 e. The number of hydrogen-bond donors (Lipinski definition) is 0. The summed E-state index contributed by atoms with van der Waals surface area (Å²) < 4.78 is 6.29. The molecule has 0 N–H and O–H groups in total. The number of hydrogen-bond acceptors (Lipinski definition) is 2. The molecule has 2 heteroatoms. The van der Waals surface area contributed by atoms with E-state index < -0.39 is 0 Å². The summed E-state index contributed by atoms with van der Waals surface area (Å²) in [5, 5.41) is 7.11. The second-order valence-corrected chi connectivity index (χ2v) is 11.8. The van der Waals surface area contributed by atoms with Crippen LogP contribution in [0.2, 0.25) is 0 Å². The summed E-state index contributed by atoms with van der Waals surface area (Å²) in [4.78, 5) is 2.34. The Labute approximate surface area is 267 Å². The molecule has 8 aromatic carbocycles. The first kappa shape index (κ1) is 26.3. The maximum absolute atomic E-state index is 6.29. The van der Waals surface area contributed by atoms with Crippen LogP contribution in [0.4, 0.5) is 17.1 Å². The van der Waals surface area contributed by atoms with E-state index in [-0.39, 0.29) is 0 Å². The van der Waals surface area contributed by atoms with Gasteiger partial charge in [-0.25, -0.2) is 0 Å². The fraction of sp³-hybridized carbons (Fsp3) is 0. The highest BCUT2D eigenvalue weighted by molar-refractivity contribution is 6.13. The topological polar surface area (TPSA) is 16.4 Å². The Hall–Kier alpha value is -6.12. The monoisotopic (exact) mass is 587 g/mol. The highest BCUT2D eigenvalue weighted by Gasteiger charge is 2.19. The lowest BCUT2D eigenvalue weighted by Crippen LogP contribution is -2.10. The molecule has 0 saturated heterocycles. The lowest BCUT2D eigenvalue weighted by atomic mass is 9.96. The lowest BCUT2D eigenvalue weighted by molar-refractivity contribution is 0.669. The van der Waals surface area contributed by atoms with Gasteiger partial charge in [-0.15, -0.1) is 0 Å². The third-order valence-corrected chi connectivity index (χ3v) is 9.00. The normalized spacial score (nSPS) is 11.5. The predicted octanol–water partition coefficient (Wildman–Crippen LogP) is 12.7. The Morgan fingerprint density at radius 2 is 0.913 bits per heavy atom. The van der Waals surface area contributed by atoms with Crippen LogP contribution in [0.3, 0.4) is 0 Å². The average molecular weight is 588 g/mol. The number of nitrogens with zero attached hydrogens (tertiary/aromatic N) is 1. The van der Waals surface area contributed by atoms with Crippen LogP contribution in [0.5, 0.6) is 0 Å². The van der Waals surface area contributed by atoms with Crippen LogP contribution in [-0.4, -0.2) is 0 Å². The highest BCUT2D eigenvalue weighted by atomic mass is 16.3. The number of fused-ring (bicyclic) bond motifs is 5. The highest BCUT2D eigenvalue weighted by Crippen LogP contribution is 2.43. The van der Waals surface area contributed by atoms with Gasteiger partial charge >= 0.3 is 0 Å². The molecule has 2 nitrogen and oxygen atoms in total. The van der Waals surface area contributed by atoms with Crippen molar-refractivity contribution < 1.29 is 4.42 Å². The number of benzene rings is 8. The molecule has 0 bridgehead atoms. The Kier molecular flexibility index (Phi) is 6.17. The van der Waals surface area contributed by atoms with Crippen LogP contribution in [0.25, 0.3) is 65.7 Å². The molecule has 9 rings (SSSR count). The molecular formula is C44H29NO. The van der Waals surface area contributed by atoms with Crippen LogP contribution < -0.4 is 4.90 Å². The second-order valence-electron chi connectivity index (χ2n) is 11.8. The van der Waals surface area contributed by atoms with Crippen molar-refractivity contribution in [1.82, 2.24) is 0 Å². The van der Waals surface area contributed by atoms with Crippen LogP contribution in [-0.2, 0) is 0 Å². The Bertz CT molecular complexity index is 2530. The van der Waals surface area contributed by atoms with E-state index in [2.05, 4.69) is 169 Å². The maximum Gasteiger partial charge on any atom is 0.137 e.